The van der Waals surface area contributed by atoms with Crippen molar-refractivity contribution in [1.82, 2.24) is 0 Å². The van der Waals surface area contributed by atoms with Gasteiger partial charge in [0.1, 0.15) is 18.1 Å². The Hall–Kier alpha value is -3.14. The van der Waals surface area contributed by atoms with E-state index in [2.05, 4.69) is 4.72 Å². The molecule has 0 unspecified atom stereocenters. The lowest BCUT2D eigenvalue weighted by Gasteiger charge is -2.28. The van der Waals surface area contributed by atoms with E-state index in [0.717, 1.165) is 17.0 Å². The molecule has 1 aliphatic rings. The van der Waals surface area contributed by atoms with Crippen molar-refractivity contribution >= 4 is 33.3 Å². The number of fused-ring (bicyclic) bond motifs is 1. The van der Waals surface area contributed by atoms with Crippen molar-refractivity contribution < 1.29 is 32.2 Å². The molecular weight excluding hydrogens is 379 g/mol. The van der Waals surface area contributed by atoms with Gasteiger partial charge in [0.15, 0.2) is 6.61 Å². The Kier molecular flexibility index (Phi) is 4.75. The van der Waals surface area contributed by atoms with Gasteiger partial charge in [-0.25, -0.2) is 12.8 Å². The lowest BCUT2D eigenvalue weighted by atomic mass is 10.2. The van der Waals surface area contributed by atoms with Crippen LogP contribution in [0.3, 0.4) is 0 Å². The van der Waals surface area contributed by atoms with Gasteiger partial charge in [-0.3, -0.25) is 19.2 Å². The standard InChI is InChI=1S/C17H15FN2O6S/c1-10-2-3-11(18)6-13(10)19-27(24,25)12-4-5-15-14(7-12)20(8-17(22)23)16(21)9-26-15/h2-7,19H,8-9H2,1H3,(H,22,23). The molecule has 1 aliphatic heterocycles. The lowest BCUT2D eigenvalue weighted by molar-refractivity contribution is -0.137. The first-order valence-electron chi connectivity index (χ1n) is 7.75. The maximum absolute atomic E-state index is 13.4. The lowest BCUT2D eigenvalue weighted by Crippen LogP contribution is -2.42. The first-order chi connectivity index (χ1) is 12.7. The average molecular weight is 394 g/mol. The molecule has 0 fully saturated rings. The van der Waals surface area contributed by atoms with E-state index in [1.54, 1.807) is 6.92 Å². The van der Waals surface area contributed by atoms with Gasteiger partial charge < -0.3 is 9.84 Å². The predicted molar refractivity (Wildman–Crippen MR) is 93.9 cm³/mol. The number of aliphatic carboxylic acids is 1. The van der Waals surface area contributed by atoms with Gasteiger partial charge in [0.2, 0.25) is 0 Å². The molecule has 1 amide bonds. The molecule has 2 aromatic carbocycles. The van der Waals surface area contributed by atoms with Crippen LogP contribution in [0.15, 0.2) is 41.3 Å². The Labute approximate surface area is 154 Å². The second-order valence-electron chi connectivity index (χ2n) is 5.86. The molecule has 0 radical (unpaired) electrons. The minimum Gasteiger partial charge on any atom is -0.482 e. The fraction of sp³-hybridized carbons (Fsp3) is 0.176. The number of hydrogen-bond donors (Lipinski definition) is 2. The number of nitrogens with one attached hydrogen (secondary N) is 1. The van der Waals surface area contributed by atoms with Crippen molar-refractivity contribution in [3.05, 3.63) is 47.8 Å². The molecule has 2 N–H and O–H groups in total. The van der Waals surface area contributed by atoms with Gasteiger partial charge in [-0.15, -0.1) is 0 Å². The van der Waals surface area contributed by atoms with Crippen LogP contribution in [0.5, 0.6) is 5.75 Å². The zero-order valence-corrected chi connectivity index (χ0v) is 14.9. The third-order valence-electron chi connectivity index (χ3n) is 3.92. The summed E-state index contributed by atoms with van der Waals surface area (Å²) in [5, 5.41) is 8.99. The number of hydrogen-bond acceptors (Lipinski definition) is 5. The number of anilines is 2. The monoisotopic (exact) mass is 394 g/mol. The SMILES string of the molecule is Cc1ccc(F)cc1NS(=O)(=O)c1ccc2c(c1)N(CC(=O)O)C(=O)CO2. The molecule has 2 aromatic rings. The highest BCUT2D eigenvalue weighted by Gasteiger charge is 2.29. The summed E-state index contributed by atoms with van der Waals surface area (Å²) in [5.74, 6) is -2.27. The van der Waals surface area contributed by atoms with Crippen LogP contribution in [0.25, 0.3) is 0 Å². The third kappa shape index (κ3) is 3.85. The van der Waals surface area contributed by atoms with Crippen LogP contribution >= 0.6 is 0 Å². The molecule has 0 spiro atoms. The van der Waals surface area contributed by atoms with Crippen LogP contribution in [0.4, 0.5) is 15.8 Å². The highest BCUT2D eigenvalue weighted by molar-refractivity contribution is 7.92. The maximum Gasteiger partial charge on any atom is 0.323 e. The fourth-order valence-electron chi connectivity index (χ4n) is 2.57. The minimum atomic E-state index is -4.11. The number of ether oxygens (including phenoxy) is 1. The minimum absolute atomic E-state index is 0.0347. The number of halogens is 1. The van der Waals surface area contributed by atoms with Crippen molar-refractivity contribution in [2.24, 2.45) is 0 Å². The second kappa shape index (κ2) is 6.88. The number of carbonyl (C=O) groups excluding carboxylic acids is 1. The quantitative estimate of drug-likeness (QED) is 0.799. The van der Waals surface area contributed by atoms with Crippen LogP contribution in [0.1, 0.15) is 5.56 Å². The second-order valence-corrected chi connectivity index (χ2v) is 7.54. The molecule has 0 aromatic heterocycles. The van der Waals surface area contributed by atoms with Crippen molar-refractivity contribution in [3.8, 4) is 5.75 Å². The number of nitrogens with zero attached hydrogens (tertiary/aromatic N) is 1. The van der Waals surface area contributed by atoms with E-state index >= 15 is 0 Å². The Bertz CT molecular complexity index is 1040. The summed E-state index contributed by atoms with van der Waals surface area (Å²) in [6, 6.07) is 7.43. The van der Waals surface area contributed by atoms with Crippen molar-refractivity contribution in [2.45, 2.75) is 11.8 Å². The molecule has 27 heavy (non-hydrogen) atoms. The van der Waals surface area contributed by atoms with Crippen LogP contribution < -0.4 is 14.4 Å². The van der Waals surface area contributed by atoms with Gasteiger partial charge in [-0.1, -0.05) is 6.07 Å². The number of benzene rings is 2. The largest absolute Gasteiger partial charge is 0.482 e. The number of amides is 1. The number of carbonyl (C=O) groups is 2. The summed E-state index contributed by atoms with van der Waals surface area (Å²) < 4.78 is 46.3. The number of sulfonamides is 1. The molecule has 142 valence electrons. The van der Waals surface area contributed by atoms with Crippen molar-refractivity contribution in [2.75, 3.05) is 22.8 Å². The molecule has 0 saturated heterocycles. The molecule has 10 heteroatoms. The van der Waals surface area contributed by atoms with E-state index in [0.29, 0.717) is 5.56 Å². The maximum atomic E-state index is 13.4. The van der Waals surface area contributed by atoms with Crippen LogP contribution in [0, 0.1) is 12.7 Å². The predicted octanol–water partition coefficient (Wildman–Crippen LogP) is 1.74. The van der Waals surface area contributed by atoms with Crippen LogP contribution in [-0.4, -0.2) is 38.6 Å². The summed E-state index contributed by atoms with van der Waals surface area (Å²) in [6.07, 6.45) is 0. The normalized spacial score (nSPS) is 13.7. The van der Waals surface area contributed by atoms with Gasteiger partial charge in [0, 0.05) is 0 Å². The summed E-state index contributed by atoms with van der Waals surface area (Å²) in [6.45, 7) is 0.646. The number of carboxylic acids is 1. The van der Waals surface area contributed by atoms with E-state index in [4.69, 9.17) is 9.84 Å². The Morgan fingerprint density at radius 1 is 1.30 bits per heavy atom. The third-order valence-corrected chi connectivity index (χ3v) is 5.28. The van der Waals surface area contributed by atoms with E-state index in [-0.39, 0.29) is 28.6 Å². The van der Waals surface area contributed by atoms with E-state index < -0.39 is 34.3 Å². The van der Waals surface area contributed by atoms with Gasteiger partial charge in [-0.05, 0) is 42.8 Å². The first-order valence-corrected chi connectivity index (χ1v) is 9.23. The molecule has 3 rings (SSSR count). The van der Waals surface area contributed by atoms with Crippen molar-refractivity contribution in [3.63, 3.8) is 0 Å². The van der Waals surface area contributed by atoms with Crippen LogP contribution in [-0.2, 0) is 19.6 Å². The van der Waals surface area contributed by atoms with E-state index in [1.165, 1.54) is 24.3 Å². The summed E-state index contributed by atoms with van der Waals surface area (Å²) >= 11 is 0. The Morgan fingerprint density at radius 3 is 2.74 bits per heavy atom. The number of carboxylic acid groups (broad SMARTS) is 1. The van der Waals surface area contributed by atoms with Crippen LogP contribution in [0.2, 0.25) is 0 Å². The first kappa shape index (κ1) is 18.6. The average Bonchev–Trinajstić information content (AvgIpc) is 2.60. The highest BCUT2D eigenvalue weighted by Crippen LogP contribution is 2.34. The van der Waals surface area contributed by atoms with E-state index in [1.807, 2.05) is 0 Å². The molecular formula is C17H15FN2O6S. The smallest absolute Gasteiger partial charge is 0.323 e. The zero-order chi connectivity index (χ0) is 19.8. The Morgan fingerprint density at radius 2 is 2.04 bits per heavy atom. The molecule has 0 atom stereocenters. The molecule has 8 nitrogen and oxygen atoms in total. The zero-order valence-electron chi connectivity index (χ0n) is 14.1. The van der Waals surface area contributed by atoms with Gasteiger partial charge in [0.05, 0.1) is 16.3 Å². The Balaban J connectivity index is 2.00. The molecule has 1 heterocycles. The molecule has 0 bridgehead atoms. The summed E-state index contributed by atoms with van der Waals surface area (Å²) in [4.78, 5) is 23.7. The van der Waals surface area contributed by atoms with E-state index in [9.17, 15) is 22.4 Å². The highest BCUT2D eigenvalue weighted by atomic mass is 32.2. The fourth-order valence-corrected chi connectivity index (χ4v) is 3.71. The topological polar surface area (TPSA) is 113 Å². The van der Waals surface area contributed by atoms with Gasteiger partial charge >= 0.3 is 5.97 Å². The molecule has 0 saturated carbocycles. The van der Waals surface area contributed by atoms with Crippen molar-refractivity contribution in [1.29, 1.82) is 0 Å². The number of rotatable bonds is 5. The number of aryl methyl sites for hydroxylation is 1. The van der Waals surface area contributed by atoms with Gasteiger partial charge in [-0.2, -0.15) is 0 Å². The van der Waals surface area contributed by atoms with Gasteiger partial charge in [0.25, 0.3) is 15.9 Å². The summed E-state index contributed by atoms with van der Waals surface area (Å²) in [5.41, 5.74) is 0.624. The molecule has 0 aliphatic carbocycles. The summed E-state index contributed by atoms with van der Waals surface area (Å²) in [7, 11) is -4.11.